The van der Waals surface area contributed by atoms with Crippen LogP contribution in [-0.4, -0.2) is 21.8 Å². The molecule has 3 rings (SSSR count). The first-order valence-electron chi connectivity index (χ1n) is 8.81. The number of ether oxygens (including phenoxy) is 1. The van der Waals surface area contributed by atoms with Crippen LogP contribution in [0.1, 0.15) is 39.1 Å². The summed E-state index contributed by atoms with van der Waals surface area (Å²) in [5, 5.41) is 5.27. The SMILES string of the molecule is CC(=O)Oc1ccc(Cl)cc1C=Nn1c(C(C)(C)C)nc2ccc(Br)cc2c1=O. The number of rotatable bonds is 3. The Bertz CT molecular complexity index is 1200. The number of carbonyl (C=O) groups is 1. The predicted molar refractivity (Wildman–Crippen MR) is 118 cm³/mol. The molecule has 29 heavy (non-hydrogen) atoms. The Hall–Kier alpha value is -2.51. The standard InChI is InChI=1S/C21H19BrClN3O3/c1-12(27)29-18-8-6-15(23)9-13(18)11-24-26-19(28)16-10-14(22)5-7-17(16)25-20(26)21(2,3)4/h5-11H,1-4H3. The van der Waals surface area contributed by atoms with E-state index in [1.54, 1.807) is 30.3 Å². The first-order chi connectivity index (χ1) is 13.6. The number of fused-ring (bicyclic) bond motifs is 1. The summed E-state index contributed by atoms with van der Waals surface area (Å²) in [5.74, 6) is 0.337. The third-order valence-electron chi connectivity index (χ3n) is 4.02. The van der Waals surface area contributed by atoms with Gasteiger partial charge in [-0.15, -0.1) is 0 Å². The largest absolute Gasteiger partial charge is 0.426 e. The summed E-state index contributed by atoms with van der Waals surface area (Å²) in [4.78, 5) is 29.2. The molecule has 0 spiro atoms. The van der Waals surface area contributed by atoms with Gasteiger partial charge in [-0.05, 0) is 36.4 Å². The molecule has 0 bridgehead atoms. The molecule has 1 aromatic heterocycles. The Labute approximate surface area is 181 Å². The second kappa shape index (κ2) is 8.08. The zero-order valence-electron chi connectivity index (χ0n) is 16.4. The lowest BCUT2D eigenvalue weighted by Gasteiger charge is -2.21. The van der Waals surface area contributed by atoms with E-state index in [0.717, 1.165) is 4.47 Å². The Balaban J connectivity index is 2.22. The number of esters is 1. The van der Waals surface area contributed by atoms with Gasteiger partial charge in [0.05, 0.1) is 17.1 Å². The van der Waals surface area contributed by atoms with Gasteiger partial charge >= 0.3 is 5.97 Å². The second-order valence-corrected chi connectivity index (χ2v) is 8.84. The van der Waals surface area contributed by atoms with Crippen molar-refractivity contribution in [3.63, 3.8) is 0 Å². The van der Waals surface area contributed by atoms with Gasteiger partial charge < -0.3 is 4.74 Å². The molecule has 0 aliphatic rings. The fraction of sp³-hybridized carbons (Fsp3) is 0.238. The molecule has 150 valence electrons. The molecule has 1 heterocycles. The molecule has 0 atom stereocenters. The molecular formula is C21H19BrClN3O3. The highest BCUT2D eigenvalue weighted by atomic mass is 79.9. The fourth-order valence-corrected chi connectivity index (χ4v) is 3.27. The minimum Gasteiger partial charge on any atom is -0.426 e. The number of hydrogen-bond donors (Lipinski definition) is 0. The Morgan fingerprint density at radius 2 is 1.97 bits per heavy atom. The first-order valence-corrected chi connectivity index (χ1v) is 9.98. The molecule has 0 amide bonds. The van der Waals surface area contributed by atoms with Crippen molar-refractivity contribution in [2.24, 2.45) is 5.10 Å². The molecule has 6 nitrogen and oxygen atoms in total. The van der Waals surface area contributed by atoms with E-state index in [2.05, 4.69) is 26.0 Å². The number of benzene rings is 2. The summed E-state index contributed by atoms with van der Waals surface area (Å²) in [5.41, 5.74) is 0.324. The predicted octanol–water partition coefficient (Wildman–Crippen LogP) is 4.92. The van der Waals surface area contributed by atoms with E-state index in [9.17, 15) is 9.59 Å². The zero-order valence-corrected chi connectivity index (χ0v) is 18.7. The average molecular weight is 477 g/mol. The number of nitrogens with zero attached hydrogens (tertiary/aromatic N) is 3. The van der Waals surface area contributed by atoms with Crippen LogP contribution in [0, 0.1) is 0 Å². The minimum atomic E-state index is -0.466. The number of hydrogen-bond acceptors (Lipinski definition) is 5. The third-order valence-corrected chi connectivity index (χ3v) is 4.75. The topological polar surface area (TPSA) is 73.5 Å². The molecule has 0 aliphatic heterocycles. The smallest absolute Gasteiger partial charge is 0.308 e. The van der Waals surface area contributed by atoms with E-state index >= 15 is 0 Å². The summed E-state index contributed by atoms with van der Waals surface area (Å²) in [6.45, 7) is 7.17. The molecule has 0 radical (unpaired) electrons. The van der Waals surface area contributed by atoms with Crippen LogP contribution >= 0.6 is 27.5 Å². The number of halogens is 2. The molecule has 0 saturated carbocycles. The van der Waals surface area contributed by atoms with Crippen molar-refractivity contribution in [2.75, 3.05) is 0 Å². The van der Waals surface area contributed by atoms with Gasteiger partial charge in [0.15, 0.2) is 0 Å². The monoisotopic (exact) mass is 475 g/mol. The normalized spacial score (nSPS) is 11.9. The van der Waals surface area contributed by atoms with Crippen LogP contribution in [0.15, 0.2) is 50.8 Å². The van der Waals surface area contributed by atoms with Crippen molar-refractivity contribution in [3.05, 3.63) is 67.6 Å². The molecule has 0 saturated heterocycles. The Morgan fingerprint density at radius 3 is 2.62 bits per heavy atom. The molecule has 0 N–H and O–H groups in total. The third kappa shape index (κ3) is 4.74. The van der Waals surface area contributed by atoms with Crippen molar-refractivity contribution in [3.8, 4) is 5.75 Å². The quantitative estimate of drug-likeness (QED) is 0.306. The summed E-state index contributed by atoms with van der Waals surface area (Å²) >= 11 is 9.47. The summed E-state index contributed by atoms with van der Waals surface area (Å²) < 4.78 is 7.25. The van der Waals surface area contributed by atoms with Crippen LogP contribution < -0.4 is 10.3 Å². The minimum absolute atomic E-state index is 0.298. The van der Waals surface area contributed by atoms with Crippen LogP contribution in [0.2, 0.25) is 5.02 Å². The summed E-state index contributed by atoms with van der Waals surface area (Å²) in [6, 6.07) is 10.1. The second-order valence-electron chi connectivity index (χ2n) is 7.48. The molecular weight excluding hydrogens is 458 g/mol. The summed E-state index contributed by atoms with van der Waals surface area (Å²) in [7, 11) is 0. The van der Waals surface area contributed by atoms with Crippen molar-refractivity contribution in [2.45, 2.75) is 33.1 Å². The highest BCUT2D eigenvalue weighted by molar-refractivity contribution is 9.10. The van der Waals surface area contributed by atoms with Crippen molar-refractivity contribution >= 4 is 50.6 Å². The lowest BCUT2D eigenvalue weighted by molar-refractivity contribution is -0.131. The zero-order chi connectivity index (χ0) is 21.3. The maximum absolute atomic E-state index is 13.2. The average Bonchev–Trinajstić information content (AvgIpc) is 2.62. The van der Waals surface area contributed by atoms with Crippen LogP contribution in [0.5, 0.6) is 5.75 Å². The van der Waals surface area contributed by atoms with Gasteiger partial charge in [-0.3, -0.25) is 9.59 Å². The van der Waals surface area contributed by atoms with Crippen molar-refractivity contribution in [1.29, 1.82) is 0 Å². The molecule has 3 aromatic rings. The van der Waals surface area contributed by atoms with Crippen LogP contribution in [0.3, 0.4) is 0 Å². The van der Waals surface area contributed by atoms with E-state index in [4.69, 9.17) is 16.3 Å². The van der Waals surface area contributed by atoms with E-state index in [1.807, 2.05) is 26.8 Å². The maximum atomic E-state index is 13.2. The van der Waals surface area contributed by atoms with E-state index < -0.39 is 11.4 Å². The highest BCUT2D eigenvalue weighted by Crippen LogP contribution is 2.24. The van der Waals surface area contributed by atoms with Crippen LogP contribution in [0.4, 0.5) is 0 Å². The number of carbonyl (C=O) groups excluding carboxylic acids is 1. The van der Waals surface area contributed by atoms with Crippen molar-refractivity contribution < 1.29 is 9.53 Å². The van der Waals surface area contributed by atoms with E-state index in [1.165, 1.54) is 17.8 Å². The van der Waals surface area contributed by atoms with Gasteiger partial charge in [-0.2, -0.15) is 9.78 Å². The Morgan fingerprint density at radius 1 is 1.24 bits per heavy atom. The van der Waals surface area contributed by atoms with Gasteiger partial charge in [0.2, 0.25) is 0 Å². The van der Waals surface area contributed by atoms with E-state index in [0.29, 0.717) is 33.1 Å². The highest BCUT2D eigenvalue weighted by Gasteiger charge is 2.23. The molecule has 2 aromatic carbocycles. The van der Waals surface area contributed by atoms with E-state index in [-0.39, 0.29) is 5.56 Å². The fourth-order valence-electron chi connectivity index (χ4n) is 2.73. The van der Waals surface area contributed by atoms with Gasteiger partial charge in [0.25, 0.3) is 5.56 Å². The molecule has 0 unspecified atom stereocenters. The van der Waals surface area contributed by atoms with Gasteiger partial charge in [-0.1, -0.05) is 48.3 Å². The molecule has 0 aliphatic carbocycles. The van der Waals surface area contributed by atoms with Gasteiger partial charge in [0.1, 0.15) is 11.6 Å². The van der Waals surface area contributed by atoms with Gasteiger partial charge in [0, 0.05) is 27.4 Å². The van der Waals surface area contributed by atoms with Gasteiger partial charge in [-0.25, -0.2) is 4.98 Å². The summed E-state index contributed by atoms with van der Waals surface area (Å²) in [6.07, 6.45) is 1.44. The van der Waals surface area contributed by atoms with Crippen LogP contribution in [0.25, 0.3) is 10.9 Å². The van der Waals surface area contributed by atoms with Crippen LogP contribution in [-0.2, 0) is 10.2 Å². The lowest BCUT2D eigenvalue weighted by Crippen LogP contribution is -2.29. The molecule has 8 heteroatoms. The van der Waals surface area contributed by atoms with Crippen molar-refractivity contribution in [1.82, 2.24) is 9.66 Å². The molecule has 0 fully saturated rings. The first kappa shape index (κ1) is 21.2. The maximum Gasteiger partial charge on any atom is 0.308 e. The lowest BCUT2D eigenvalue weighted by atomic mass is 9.95. The number of aromatic nitrogens is 2. The Kier molecular flexibility index (Phi) is 5.91.